The standard InChI is InChI=1S/C87H94N18O9S/c1-50-38-67-62(82(108)90-50)45-66(93-67)55-20-25-88-65(42-55)54-8-13-68(102-28-23-53(24-29-102)48-99-32-36-103(37-33-99)70-6-5-7-71-80(70)97(4)87(113)105(71)73-16-19-77(107)95-84(73)110)57(39-54)49-114-60-41-56(63-11-10-61-64(92-63)12-17-75-78(61)79-81(115-75)85(111)91-51(2)46-89-79)40-59(43-60)101-34-30-98(31-35-101)47-52-21-26-100(27-22-52)58-9-14-69-74(44-58)96(3)86(112)104(69)72-15-18-76(106)94-83(72)109/h5-14,17,20,25,39-45,50-53,72-73,89,93H,15-16,18-19,21-24,26-38,46-49H2,1-4H3,(H,90,108)(H,91,111)(H,94,106,109)(H,95,107,110)/t50-,51-,72?,73?/m1/s1. The van der Waals surface area contributed by atoms with E-state index < -0.39 is 23.9 Å². The van der Waals surface area contributed by atoms with Crippen molar-refractivity contribution < 1.29 is 33.5 Å². The third-order valence-corrected chi connectivity index (χ3v) is 26.5. The summed E-state index contributed by atoms with van der Waals surface area (Å²) in [7, 11) is 3.51. The van der Waals surface area contributed by atoms with Gasteiger partial charge in [-0.1, -0.05) is 12.1 Å². The lowest BCUT2D eigenvalue weighted by Crippen LogP contribution is -2.49. The maximum atomic E-state index is 13.8. The molecule has 0 radical (unpaired) electrons. The van der Waals surface area contributed by atoms with Gasteiger partial charge in [-0.2, -0.15) is 0 Å². The van der Waals surface area contributed by atoms with E-state index in [9.17, 15) is 38.4 Å². The summed E-state index contributed by atoms with van der Waals surface area (Å²) in [5, 5.41) is 16.6. The van der Waals surface area contributed by atoms with Gasteiger partial charge in [0.25, 0.3) is 11.8 Å². The van der Waals surface area contributed by atoms with Crippen LogP contribution >= 0.6 is 11.3 Å². The van der Waals surface area contributed by atoms with Crippen LogP contribution in [0.1, 0.15) is 109 Å². The molecule has 0 bridgehead atoms. The molecule has 8 aliphatic rings. The van der Waals surface area contributed by atoms with Gasteiger partial charge >= 0.3 is 11.4 Å². The normalized spacial score (nSPS) is 21.0. The van der Waals surface area contributed by atoms with Crippen molar-refractivity contribution in [3.63, 3.8) is 0 Å². The monoisotopic (exact) mass is 1570 g/mol. The van der Waals surface area contributed by atoms with Crippen LogP contribution < -0.4 is 62.3 Å². The number of pyridine rings is 2. The zero-order chi connectivity index (χ0) is 78.6. The number of fused-ring (bicyclic) bond motifs is 8. The molecular formula is C87H94N18O9S. The Labute approximate surface area is 667 Å². The van der Waals surface area contributed by atoms with E-state index in [4.69, 9.17) is 14.7 Å². The van der Waals surface area contributed by atoms with Gasteiger partial charge in [0.05, 0.1) is 55.9 Å². The Morgan fingerprint density at radius 2 is 1.21 bits per heavy atom. The fraction of sp³-hybridized carbons (Fsp3) is 0.402. The predicted molar refractivity (Wildman–Crippen MR) is 447 cm³/mol. The van der Waals surface area contributed by atoms with Gasteiger partial charge in [0.15, 0.2) is 0 Å². The number of H-pyrrole nitrogens is 1. The number of piperidine rings is 4. The number of carbonyl (C=O) groups excluding carboxylic acids is 6. The number of anilines is 5. The third kappa shape index (κ3) is 13.9. The highest BCUT2D eigenvalue weighted by Gasteiger charge is 2.37. The maximum Gasteiger partial charge on any atom is 0.329 e. The fourth-order valence-corrected chi connectivity index (χ4v) is 20.2. The van der Waals surface area contributed by atoms with Crippen molar-refractivity contribution in [3.05, 3.63) is 164 Å². The van der Waals surface area contributed by atoms with Crippen LogP contribution in [0.5, 0.6) is 5.75 Å². The first-order valence-electron chi connectivity index (χ1n) is 40.7. The lowest BCUT2D eigenvalue weighted by atomic mass is 9.94. The summed E-state index contributed by atoms with van der Waals surface area (Å²) >= 11 is 1.50. The number of hydrogen-bond acceptors (Lipinski definition) is 19. The smallest absolute Gasteiger partial charge is 0.329 e. The van der Waals surface area contributed by atoms with Gasteiger partial charge in [-0.3, -0.25) is 72.5 Å². The molecule has 5 aromatic carbocycles. The van der Waals surface area contributed by atoms with E-state index in [1.165, 1.54) is 15.9 Å². The van der Waals surface area contributed by atoms with Gasteiger partial charge in [0, 0.05) is 222 Å². The van der Waals surface area contributed by atoms with Gasteiger partial charge in [-0.15, -0.1) is 11.3 Å². The van der Waals surface area contributed by atoms with Gasteiger partial charge in [0.1, 0.15) is 29.3 Å². The molecule has 0 saturated carbocycles. The average Bonchev–Trinajstić information content (AvgIpc) is 1.62. The second kappa shape index (κ2) is 30.0. The number of para-hydroxylation sites is 1. The molecule has 6 saturated heterocycles. The number of thiophene rings is 1. The zero-order valence-electron chi connectivity index (χ0n) is 65.1. The number of aromatic nitrogens is 7. The summed E-state index contributed by atoms with van der Waals surface area (Å²) < 4.78 is 14.6. The molecular weight excluding hydrogens is 1470 g/mol. The summed E-state index contributed by atoms with van der Waals surface area (Å²) in [5.74, 6) is 0.0652. The van der Waals surface area contributed by atoms with E-state index >= 15 is 0 Å². The highest BCUT2D eigenvalue weighted by molar-refractivity contribution is 7.21. The Kier molecular flexibility index (Phi) is 19.2. The highest BCUT2D eigenvalue weighted by atomic mass is 32.1. The Morgan fingerprint density at radius 3 is 1.93 bits per heavy atom. The number of nitrogens with one attached hydrogen (secondary N) is 6. The maximum absolute atomic E-state index is 13.8. The van der Waals surface area contributed by atoms with E-state index in [2.05, 4.69) is 146 Å². The lowest BCUT2D eigenvalue weighted by Gasteiger charge is -2.40. The van der Waals surface area contributed by atoms with E-state index in [0.29, 0.717) is 46.3 Å². The summed E-state index contributed by atoms with van der Waals surface area (Å²) in [5.41, 5.74) is 16.2. The molecule has 11 aromatic rings. The predicted octanol–water partition coefficient (Wildman–Crippen LogP) is 9.31. The van der Waals surface area contributed by atoms with Crippen LogP contribution in [0, 0.1) is 11.8 Å². The van der Waals surface area contributed by atoms with Crippen molar-refractivity contribution in [1.82, 2.24) is 64.3 Å². The minimum atomic E-state index is -0.748. The summed E-state index contributed by atoms with van der Waals surface area (Å²) in [6.07, 6.45) is 7.59. The van der Waals surface area contributed by atoms with Gasteiger partial charge < -0.3 is 45.3 Å². The van der Waals surface area contributed by atoms with Crippen molar-refractivity contribution >= 4 is 118 Å². The van der Waals surface area contributed by atoms with Crippen molar-refractivity contribution in [2.24, 2.45) is 25.9 Å². The summed E-state index contributed by atoms with van der Waals surface area (Å²) in [6.45, 7) is 17.1. The molecule has 0 spiro atoms. The Bertz CT molecular complexity index is 5900. The molecule has 4 atom stereocenters. The largest absolute Gasteiger partial charge is 0.489 e. The van der Waals surface area contributed by atoms with Gasteiger partial charge in [0.2, 0.25) is 23.6 Å². The van der Waals surface area contributed by atoms with Crippen molar-refractivity contribution in [2.75, 3.05) is 123 Å². The SMILES string of the molecule is C[C@@H]1Cc2[nH]c(-c3ccnc(-c4ccc(N5CCC(CN6CCN(c7cccc8c7n(C)c(=O)n8C7CCC(=O)NC7=O)CC6)CC5)c(COc5cc(-c6ccc7c(ccc8sc9c(c87)NC[C@@H](C)NC9=O)n6)cc(N6CCN(CC7CCN(c8ccc9c(c8)n(C)c(=O)n9C8CCC(=O)NC8=O)CC7)CC6)c5)c4)c3)cc2C(=O)N1. The molecule has 115 heavy (non-hydrogen) atoms. The molecule has 28 heteroatoms. The summed E-state index contributed by atoms with van der Waals surface area (Å²) in [6, 6.07) is 38.2. The first-order valence-corrected chi connectivity index (χ1v) is 41.5. The van der Waals surface area contributed by atoms with Gasteiger partial charge in [-0.25, -0.2) is 14.6 Å². The van der Waals surface area contributed by atoms with Crippen LogP contribution in [0.3, 0.4) is 0 Å². The Hall–Kier alpha value is -11.6. The molecule has 0 aliphatic carbocycles. The van der Waals surface area contributed by atoms with E-state index in [1.54, 1.807) is 27.8 Å². The number of imide groups is 2. The van der Waals surface area contributed by atoms with E-state index in [0.717, 1.165) is 235 Å². The number of rotatable bonds is 16. The number of aryl methyl sites for hydroxylation is 2. The lowest BCUT2D eigenvalue weighted by molar-refractivity contribution is -0.137. The zero-order valence-corrected chi connectivity index (χ0v) is 66.0. The molecule has 6 fully saturated rings. The van der Waals surface area contributed by atoms with Crippen LogP contribution in [0.25, 0.3) is 76.8 Å². The molecule has 2 unspecified atom stereocenters. The Balaban J connectivity index is 0.577. The van der Waals surface area contributed by atoms with Gasteiger partial charge in [-0.05, 0) is 161 Å². The second-order valence-corrected chi connectivity index (χ2v) is 33.9. The van der Waals surface area contributed by atoms with Crippen molar-refractivity contribution in [3.8, 4) is 39.5 Å². The molecule has 6 aromatic heterocycles. The number of piperazine rings is 2. The van der Waals surface area contributed by atoms with Crippen LogP contribution in [0.4, 0.5) is 28.4 Å². The highest BCUT2D eigenvalue weighted by Crippen LogP contribution is 2.44. The third-order valence-electron chi connectivity index (χ3n) is 25.4. The van der Waals surface area contributed by atoms with Crippen molar-refractivity contribution in [1.29, 1.82) is 0 Å². The number of nitrogens with zero attached hydrogens (tertiary/aromatic N) is 12. The first kappa shape index (κ1) is 73.5. The average molecular weight is 1570 g/mol. The topological polar surface area (TPSA) is 287 Å². The molecule has 592 valence electrons. The molecule has 19 rings (SSSR count). The fourth-order valence-electron chi connectivity index (χ4n) is 19.1. The van der Waals surface area contributed by atoms with Crippen molar-refractivity contribution in [2.45, 2.75) is 102 Å². The summed E-state index contributed by atoms with van der Waals surface area (Å²) in [4.78, 5) is 134. The number of imidazole rings is 2. The molecule has 6 amide bonds. The molecule has 27 nitrogen and oxygen atoms in total. The quantitative estimate of drug-likeness (QED) is 0.0491. The van der Waals surface area contributed by atoms with Crippen LogP contribution in [-0.2, 0) is 46.3 Å². The number of ether oxygens (including phenoxy) is 1. The van der Waals surface area contributed by atoms with Crippen LogP contribution in [0.2, 0.25) is 0 Å². The minimum Gasteiger partial charge on any atom is -0.489 e. The molecule has 14 heterocycles. The van der Waals surface area contributed by atoms with E-state index in [-0.39, 0.29) is 73.0 Å². The van der Waals surface area contributed by atoms with E-state index in [1.807, 2.05) is 50.4 Å². The molecule has 6 N–H and O–H groups in total. The molecule has 8 aliphatic heterocycles. The first-order chi connectivity index (χ1) is 55.8. The van der Waals surface area contributed by atoms with Crippen LogP contribution in [-0.4, -0.2) is 189 Å². The number of hydrogen-bond donors (Lipinski definition) is 6. The number of aromatic amines is 1. The Morgan fingerprint density at radius 1 is 0.539 bits per heavy atom. The number of carbonyl (C=O) groups is 6. The van der Waals surface area contributed by atoms with Crippen LogP contribution in [0.15, 0.2) is 131 Å². The minimum absolute atomic E-state index is 0.0231. The number of amides is 6. The number of benzene rings is 5. The second-order valence-electron chi connectivity index (χ2n) is 32.8.